The van der Waals surface area contributed by atoms with Crippen molar-refractivity contribution in [3.8, 4) is 5.13 Å². The first-order chi connectivity index (χ1) is 12.9. The van der Waals surface area contributed by atoms with Crippen LogP contribution in [0.3, 0.4) is 0 Å². The van der Waals surface area contributed by atoms with Crippen molar-refractivity contribution in [1.82, 2.24) is 14.8 Å². The smallest absolute Gasteiger partial charge is 0.282 e. The van der Waals surface area contributed by atoms with Gasteiger partial charge in [0.2, 0.25) is 5.13 Å². The zero-order valence-corrected chi connectivity index (χ0v) is 16.5. The van der Waals surface area contributed by atoms with E-state index in [9.17, 15) is 4.79 Å². The molecule has 1 N–H and O–H groups in total. The molecule has 0 aliphatic heterocycles. The normalized spacial score (nSPS) is 12.1. The predicted molar refractivity (Wildman–Crippen MR) is 112 cm³/mol. The standard InChI is InChI=1S/C21H20N4OS/c1-12-9-10-16(11-13(12)2)22-14(3)19-15(4)24-25(20(19)26)21-23-17-7-5-6-8-18(17)27-21/h5-11,24H,1-4H3. The highest BCUT2D eigenvalue weighted by atomic mass is 32.1. The van der Waals surface area contributed by atoms with Crippen LogP contribution in [0.25, 0.3) is 15.3 Å². The summed E-state index contributed by atoms with van der Waals surface area (Å²) in [7, 11) is 0. The summed E-state index contributed by atoms with van der Waals surface area (Å²) in [5, 5.41) is 3.78. The second-order valence-corrected chi connectivity index (χ2v) is 7.69. The van der Waals surface area contributed by atoms with Gasteiger partial charge in [-0.2, -0.15) is 4.68 Å². The van der Waals surface area contributed by atoms with Crippen molar-refractivity contribution < 1.29 is 0 Å². The Morgan fingerprint density at radius 3 is 2.63 bits per heavy atom. The summed E-state index contributed by atoms with van der Waals surface area (Å²) in [6.45, 7) is 7.89. The third-order valence-corrected chi connectivity index (χ3v) is 5.72. The molecule has 0 aliphatic carbocycles. The maximum Gasteiger partial charge on any atom is 0.282 e. The van der Waals surface area contributed by atoms with Gasteiger partial charge in [-0.1, -0.05) is 29.5 Å². The first-order valence-corrected chi connectivity index (χ1v) is 9.56. The fourth-order valence-corrected chi connectivity index (χ4v) is 4.03. The van der Waals surface area contributed by atoms with Crippen LogP contribution in [0.15, 0.2) is 52.3 Å². The van der Waals surface area contributed by atoms with Gasteiger partial charge >= 0.3 is 0 Å². The fourth-order valence-electron chi connectivity index (χ4n) is 3.11. The summed E-state index contributed by atoms with van der Waals surface area (Å²) in [4.78, 5) is 22.3. The summed E-state index contributed by atoms with van der Waals surface area (Å²) in [6.07, 6.45) is 0. The third-order valence-electron chi connectivity index (χ3n) is 4.69. The zero-order chi connectivity index (χ0) is 19.1. The van der Waals surface area contributed by atoms with Gasteiger partial charge in [-0.25, -0.2) is 4.98 Å². The highest BCUT2D eigenvalue weighted by Crippen LogP contribution is 2.24. The highest BCUT2D eigenvalue weighted by molar-refractivity contribution is 7.20. The van der Waals surface area contributed by atoms with Gasteiger partial charge in [0, 0.05) is 5.69 Å². The number of aliphatic imine (C=N–C) groups is 1. The van der Waals surface area contributed by atoms with Crippen molar-refractivity contribution in [2.24, 2.45) is 4.99 Å². The first kappa shape index (κ1) is 17.4. The zero-order valence-electron chi connectivity index (χ0n) is 15.7. The molecule has 2 aromatic carbocycles. The molecule has 0 saturated carbocycles. The van der Waals surface area contributed by atoms with E-state index in [4.69, 9.17) is 0 Å². The number of para-hydroxylation sites is 1. The van der Waals surface area contributed by atoms with Crippen molar-refractivity contribution in [3.63, 3.8) is 0 Å². The van der Waals surface area contributed by atoms with Crippen LogP contribution in [0.2, 0.25) is 0 Å². The quantitative estimate of drug-likeness (QED) is 0.520. The molecule has 5 nitrogen and oxygen atoms in total. The average molecular weight is 376 g/mol. The molecule has 0 atom stereocenters. The lowest BCUT2D eigenvalue weighted by molar-refractivity contribution is 0.829. The summed E-state index contributed by atoms with van der Waals surface area (Å²) in [5.74, 6) is 0. The van der Waals surface area contributed by atoms with E-state index in [0.29, 0.717) is 16.4 Å². The van der Waals surface area contributed by atoms with Gasteiger partial charge in [-0.15, -0.1) is 0 Å². The number of nitrogens with one attached hydrogen (secondary N) is 1. The van der Waals surface area contributed by atoms with Gasteiger partial charge in [0.15, 0.2) is 0 Å². The molecule has 6 heteroatoms. The highest BCUT2D eigenvalue weighted by Gasteiger charge is 2.17. The van der Waals surface area contributed by atoms with E-state index in [1.54, 1.807) is 0 Å². The molecular weight excluding hydrogens is 356 g/mol. The van der Waals surface area contributed by atoms with Crippen molar-refractivity contribution in [2.75, 3.05) is 0 Å². The Labute approximate surface area is 161 Å². The van der Waals surface area contributed by atoms with Crippen LogP contribution >= 0.6 is 11.3 Å². The number of thiazole rings is 1. The van der Waals surface area contributed by atoms with E-state index in [0.717, 1.165) is 21.6 Å². The number of hydrogen-bond donors (Lipinski definition) is 1. The molecule has 27 heavy (non-hydrogen) atoms. The van der Waals surface area contributed by atoms with Crippen LogP contribution in [0.5, 0.6) is 0 Å². The number of rotatable bonds is 3. The third kappa shape index (κ3) is 3.13. The number of benzene rings is 2. The Morgan fingerprint density at radius 2 is 1.89 bits per heavy atom. The van der Waals surface area contributed by atoms with Gasteiger partial charge in [-0.05, 0) is 63.1 Å². The minimum absolute atomic E-state index is 0.128. The lowest BCUT2D eigenvalue weighted by Gasteiger charge is -2.02. The van der Waals surface area contributed by atoms with Crippen LogP contribution in [0.4, 0.5) is 5.69 Å². The van der Waals surface area contributed by atoms with Crippen molar-refractivity contribution >= 4 is 33.0 Å². The second kappa shape index (κ2) is 6.63. The van der Waals surface area contributed by atoms with Crippen LogP contribution in [-0.4, -0.2) is 20.5 Å². The molecule has 0 radical (unpaired) electrons. The molecule has 2 aromatic heterocycles. The van der Waals surface area contributed by atoms with Gasteiger partial charge in [0.1, 0.15) is 0 Å². The Bertz CT molecular complexity index is 1210. The first-order valence-electron chi connectivity index (χ1n) is 8.74. The summed E-state index contributed by atoms with van der Waals surface area (Å²) < 4.78 is 2.56. The lowest BCUT2D eigenvalue weighted by Crippen LogP contribution is -2.19. The van der Waals surface area contributed by atoms with Gasteiger partial charge in [-0.3, -0.25) is 14.9 Å². The Kier molecular flexibility index (Phi) is 4.28. The molecule has 0 spiro atoms. The molecule has 4 aromatic rings. The summed E-state index contributed by atoms with van der Waals surface area (Å²) >= 11 is 1.49. The van der Waals surface area contributed by atoms with E-state index in [1.807, 2.05) is 56.3 Å². The largest absolute Gasteiger partial charge is 0.293 e. The molecule has 0 amide bonds. The molecule has 0 fully saturated rings. The summed E-state index contributed by atoms with van der Waals surface area (Å²) in [5.41, 5.74) is 6.08. The van der Waals surface area contributed by atoms with E-state index < -0.39 is 0 Å². The van der Waals surface area contributed by atoms with Crippen LogP contribution in [0.1, 0.15) is 29.3 Å². The van der Waals surface area contributed by atoms with Crippen LogP contribution in [0, 0.1) is 20.8 Å². The Hall–Kier alpha value is -2.99. The molecule has 0 saturated heterocycles. The molecule has 0 unspecified atom stereocenters. The van der Waals surface area contributed by atoms with Gasteiger partial charge in [0.25, 0.3) is 5.56 Å². The SMILES string of the molecule is CC(=Nc1ccc(C)c(C)c1)c1c(C)[nH]n(-c2nc3ccccc3s2)c1=O. The number of fused-ring (bicyclic) bond motifs is 1. The van der Waals surface area contributed by atoms with Gasteiger partial charge in [0.05, 0.1) is 27.2 Å². The maximum atomic E-state index is 13.0. The lowest BCUT2D eigenvalue weighted by atomic mass is 10.1. The molecule has 0 aliphatic rings. The van der Waals surface area contributed by atoms with Crippen molar-refractivity contribution in [2.45, 2.75) is 27.7 Å². The molecule has 2 heterocycles. The van der Waals surface area contributed by atoms with Crippen LogP contribution in [-0.2, 0) is 0 Å². The fraction of sp³-hybridized carbons (Fsp3) is 0.190. The minimum atomic E-state index is -0.128. The number of nitrogens with zero attached hydrogens (tertiary/aromatic N) is 3. The maximum absolute atomic E-state index is 13.0. The number of hydrogen-bond acceptors (Lipinski definition) is 4. The van der Waals surface area contributed by atoms with Gasteiger partial charge < -0.3 is 0 Å². The minimum Gasteiger partial charge on any atom is -0.293 e. The predicted octanol–water partition coefficient (Wildman–Crippen LogP) is 4.84. The molecule has 136 valence electrons. The number of aryl methyl sites for hydroxylation is 3. The number of aromatic nitrogens is 3. The molecular formula is C21H20N4OS. The monoisotopic (exact) mass is 376 g/mol. The number of H-pyrrole nitrogens is 1. The summed E-state index contributed by atoms with van der Waals surface area (Å²) in [6, 6.07) is 13.9. The average Bonchev–Trinajstić information content (AvgIpc) is 3.18. The van der Waals surface area contributed by atoms with Crippen LogP contribution < -0.4 is 5.56 Å². The van der Waals surface area contributed by atoms with E-state index in [-0.39, 0.29) is 5.56 Å². The molecule has 4 rings (SSSR count). The van der Waals surface area contributed by atoms with Crippen molar-refractivity contribution in [1.29, 1.82) is 0 Å². The van der Waals surface area contributed by atoms with Crippen molar-refractivity contribution in [3.05, 3.63) is 75.2 Å². The van der Waals surface area contributed by atoms with E-state index in [2.05, 4.69) is 28.9 Å². The topological polar surface area (TPSA) is 63.0 Å². The molecule has 0 bridgehead atoms. The van der Waals surface area contributed by atoms with E-state index >= 15 is 0 Å². The second-order valence-electron chi connectivity index (χ2n) is 6.68. The number of aromatic amines is 1. The van der Waals surface area contributed by atoms with E-state index in [1.165, 1.54) is 27.1 Å². The Morgan fingerprint density at radius 1 is 1.11 bits per heavy atom. The Balaban J connectivity index is 1.79.